The molecule has 2 aromatic carbocycles. The van der Waals surface area contributed by atoms with Gasteiger partial charge in [-0.3, -0.25) is 0 Å². The third kappa shape index (κ3) is 5.06. The van der Waals surface area contributed by atoms with E-state index in [0.717, 1.165) is 42.5 Å². The van der Waals surface area contributed by atoms with E-state index in [9.17, 15) is 4.79 Å². The zero-order valence-electron chi connectivity index (χ0n) is 16.9. The third-order valence-corrected chi connectivity index (χ3v) is 6.09. The average molecular weight is 424 g/mol. The lowest BCUT2D eigenvalue weighted by atomic mass is 9.96. The minimum Gasteiger partial charge on any atom is -0.446 e. The van der Waals surface area contributed by atoms with Gasteiger partial charge in [0.2, 0.25) is 0 Å². The van der Waals surface area contributed by atoms with Crippen molar-refractivity contribution in [2.24, 2.45) is 0 Å². The number of carbonyl (C=O) groups is 1. The molecule has 0 saturated heterocycles. The van der Waals surface area contributed by atoms with E-state index in [0.29, 0.717) is 30.2 Å². The molecule has 0 unspecified atom stereocenters. The highest BCUT2D eigenvalue weighted by atomic mass is 35.5. The third-order valence-electron chi connectivity index (χ3n) is 5.85. The van der Waals surface area contributed by atoms with E-state index < -0.39 is 0 Å². The van der Waals surface area contributed by atoms with Gasteiger partial charge in [0.05, 0.1) is 12.6 Å². The standard InChI is InChI=1S/C24H26ClN3O2/c1-26-20-10-11-23-18(13-20)14-21(27-24(29)30-22-8-3-2-4-9-22)16-28(23)15-17-6-5-7-19(25)12-17/h5-7,10-13,21-22H,2-4,8-9,14-16H2,(H,27,29)/t21-/m1/s1. The molecule has 1 aliphatic carbocycles. The Morgan fingerprint density at radius 2 is 2.03 bits per heavy atom. The highest BCUT2D eigenvalue weighted by Gasteiger charge is 2.27. The van der Waals surface area contributed by atoms with Gasteiger partial charge >= 0.3 is 6.09 Å². The molecule has 6 heteroatoms. The van der Waals surface area contributed by atoms with Crippen LogP contribution >= 0.6 is 11.6 Å². The number of hydrogen-bond acceptors (Lipinski definition) is 3. The van der Waals surface area contributed by atoms with E-state index in [-0.39, 0.29) is 18.2 Å². The van der Waals surface area contributed by atoms with E-state index >= 15 is 0 Å². The zero-order valence-corrected chi connectivity index (χ0v) is 17.7. The van der Waals surface area contributed by atoms with Crippen molar-refractivity contribution in [2.75, 3.05) is 11.4 Å². The summed E-state index contributed by atoms with van der Waals surface area (Å²) in [7, 11) is 0. The predicted molar refractivity (Wildman–Crippen MR) is 119 cm³/mol. The molecular weight excluding hydrogens is 398 g/mol. The van der Waals surface area contributed by atoms with Crippen molar-refractivity contribution in [3.05, 3.63) is 70.0 Å². The number of alkyl carbamates (subject to hydrolysis) is 1. The SMILES string of the molecule is [C-]#[N+]c1ccc2c(c1)C[C@@H](NC(=O)OC1CCCCC1)CN2Cc1cccc(Cl)c1. The monoisotopic (exact) mass is 423 g/mol. The Kier molecular flexibility index (Phi) is 6.44. The molecule has 1 fully saturated rings. The largest absolute Gasteiger partial charge is 0.446 e. The van der Waals surface area contributed by atoms with Crippen LogP contribution in [-0.2, 0) is 17.7 Å². The number of nitrogens with one attached hydrogen (secondary N) is 1. The van der Waals surface area contributed by atoms with E-state index in [4.69, 9.17) is 22.9 Å². The molecule has 30 heavy (non-hydrogen) atoms. The van der Waals surface area contributed by atoms with Crippen LogP contribution in [0, 0.1) is 6.57 Å². The maximum atomic E-state index is 12.5. The van der Waals surface area contributed by atoms with Crippen molar-refractivity contribution in [3.63, 3.8) is 0 Å². The van der Waals surface area contributed by atoms with E-state index in [1.54, 1.807) is 0 Å². The summed E-state index contributed by atoms with van der Waals surface area (Å²) in [6.45, 7) is 8.69. The molecule has 5 nitrogen and oxygen atoms in total. The Balaban J connectivity index is 1.50. The smallest absolute Gasteiger partial charge is 0.407 e. The molecule has 1 saturated carbocycles. The predicted octanol–water partition coefficient (Wildman–Crippen LogP) is 5.88. The molecule has 156 valence electrons. The first-order valence-electron chi connectivity index (χ1n) is 10.6. The van der Waals surface area contributed by atoms with E-state index in [2.05, 4.69) is 15.1 Å². The molecule has 4 rings (SSSR count). The Morgan fingerprint density at radius 1 is 1.20 bits per heavy atom. The number of amides is 1. The summed E-state index contributed by atoms with van der Waals surface area (Å²) in [6.07, 6.45) is 5.77. The van der Waals surface area contributed by atoms with Gasteiger partial charge in [0, 0.05) is 23.8 Å². The van der Waals surface area contributed by atoms with Crippen molar-refractivity contribution >= 4 is 29.1 Å². The van der Waals surface area contributed by atoms with Gasteiger partial charge in [-0.25, -0.2) is 9.64 Å². The molecule has 1 atom stereocenters. The summed E-state index contributed by atoms with van der Waals surface area (Å²) in [6, 6.07) is 13.5. The van der Waals surface area contributed by atoms with Crippen LogP contribution in [0.25, 0.3) is 4.85 Å². The highest BCUT2D eigenvalue weighted by Crippen LogP contribution is 2.32. The van der Waals surface area contributed by atoms with Crippen molar-refractivity contribution in [1.29, 1.82) is 0 Å². The second-order valence-corrected chi connectivity index (χ2v) is 8.58. The minimum absolute atomic E-state index is 0.0332. The van der Waals surface area contributed by atoms with Crippen LogP contribution in [0.2, 0.25) is 5.02 Å². The van der Waals surface area contributed by atoms with Crippen molar-refractivity contribution in [2.45, 2.75) is 57.2 Å². The number of hydrogen-bond donors (Lipinski definition) is 1. The quantitative estimate of drug-likeness (QED) is 0.624. The van der Waals surface area contributed by atoms with Crippen LogP contribution in [0.1, 0.15) is 43.2 Å². The topological polar surface area (TPSA) is 45.9 Å². The first-order chi connectivity index (χ1) is 14.6. The van der Waals surface area contributed by atoms with E-state index in [1.807, 2.05) is 42.5 Å². The number of halogens is 1. The summed E-state index contributed by atoms with van der Waals surface area (Å²) in [5.74, 6) is 0. The first-order valence-corrected chi connectivity index (χ1v) is 11.0. The van der Waals surface area contributed by atoms with Crippen LogP contribution in [0.15, 0.2) is 42.5 Å². The zero-order chi connectivity index (χ0) is 20.9. The molecule has 2 aromatic rings. The number of ether oxygens (including phenoxy) is 1. The highest BCUT2D eigenvalue weighted by molar-refractivity contribution is 6.30. The second-order valence-electron chi connectivity index (χ2n) is 8.15. The van der Waals surface area contributed by atoms with Gasteiger partial charge in [0.15, 0.2) is 5.69 Å². The molecular formula is C24H26ClN3O2. The van der Waals surface area contributed by atoms with Crippen LogP contribution in [0.5, 0.6) is 0 Å². The fourth-order valence-corrected chi connectivity index (χ4v) is 4.66. The van der Waals surface area contributed by atoms with Gasteiger partial charge in [0.25, 0.3) is 0 Å². The lowest BCUT2D eigenvalue weighted by molar-refractivity contribution is 0.0729. The van der Waals surface area contributed by atoms with Crippen LogP contribution in [0.4, 0.5) is 16.2 Å². The van der Waals surface area contributed by atoms with Gasteiger partial charge in [0.1, 0.15) is 6.10 Å². The van der Waals surface area contributed by atoms with E-state index in [1.165, 1.54) is 6.42 Å². The van der Waals surface area contributed by atoms with Crippen molar-refractivity contribution in [3.8, 4) is 0 Å². The lowest BCUT2D eigenvalue weighted by Gasteiger charge is -2.37. The van der Waals surface area contributed by atoms with Crippen molar-refractivity contribution in [1.82, 2.24) is 5.32 Å². The Labute approximate surface area is 182 Å². The Morgan fingerprint density at radius 3 is 2.80 bits per heavy atom. The molecule has 1 amide bonds. The summed E-state index contributed by atoms with van der Waals surface area (Å²) in [5, 5.41) is 3.77. The summed E-state index contributed by atoms with van der Waals surface area (Å²) >= 11 is 6.17. The normalized spacial score (nSPS) is 18.9. The number of anilines is 1. The molecule has 0 radical (unpaired) electrons. The summed E-state index contributed by atoms with van der Waals surface area (Å²) in [4.78, 5) is 18.3. The summed E-state index contributed by atoms with van der Waals surface area (Å²) in [5.41, 5.74) is 3.89. The van der Waals surface area contributed by atoms with Gasteiger partial charge < -0.3 is 15.0 Å². The molecule has 0 spiro atoms. The Hall–Kier alpha value is -2.71. The number of carbonyl (C=O) groups excluding carboxylic acids is 1. The van der Waals surface area contributed by atoms with Crippen LogP contribution in [-0.4, -0.2) is 24.8 Å². The maximum absolute atomic E-state index is 12.5. The summed E-state index contributed by atoms with van der Waals surface area (Å²) < 4.78 is 5.66. The number of benzene rings is 2. The average Bonchev–Trinajstić information content (AvgIpc) is 2.74. The molecule has 1 heterocycles. The molecule has 1 aliphatic heterocycles. The van der Waals surface area contributed by atoms with Gasteiger partial charge in [-0.1, -0.05) is 42.3 Å². The van der Waals surface area contributed by atoms with Crippen molar-refractivity contribution < 1.29 is 9.53 Å². The van der Waals surface area contributed by atoms with Gasteiger partial charge in [-0.15, -0.1) is 0 Å². The molecule has 0 aromatic heterocycles. The number of nitrogens with zero attached hydrogens (tertiary/aromatic N) is 2. The van der Waals surface area contributed by atoms with Gasteiger partial charge in [-0.05, 0) is 61.4 Å². The molecule has 0 bridgehead atoms. The minimum atomic E-state index is -0.334. The maximum Gasteiger partial charge on any atom is 0.407 e. The number of rotatable bonds is 4. The lowest BCUT2D eigenvalue weighted by Crippen LogP contribution is -2.48. The van der Waals surface area contributed by atoms with Crippen LogP contribution < -0.4 is 10.2 Å². The Bertz CT molecular complexity index is 950. The first kappa shape index (κ1) is 20.6. The number of fused-ring (bicyclic) bond motifs is 1. The fraction of sp³-hybridized carbons (Fsp3) is 0.417. The van der Waals surface area contributed by atoms with Crippen LogP contribution in [0.3, 0.4) is 0 Å². The van der Waals surface area contributed by atoms with Gasteiger partial charge in [-0.2, -0.15) is 0 Å². The fourth-order valence-electron chi connectivity index (χ4n) is 4.44. The second kappa shape index (κ2) is 9.40. The molecule has 2 aliphatic rings. The molecule has 1 N–H and O–H groups in total.